The molecule has 0 saturated carbocycles. The lowest BCUT2D eigenvalue weighted by atomic mass is 9.81. The molecule has 1 atom stereocenters. The fourth-order valence-electron chi connectivity index (χ4n) is 1.27. The van der Waals surface area contributed by atoms with Crippen molar-refractivity contribution in [2.24, 2.45) is 11.1 Å². The Bertz CT molecular complexity index is 310. The fraction of sp³-hybridized carbons (Fsp3) is 0.455. The van der Waals surface area contributed by atoms with Crippen LogP contribution in [0.5, 0.6) is 5.75 Å². The minimum absolute atomic E-state index is 0.0114. The standard InChI is InChI=1S/C11H17NO2/c1-11(2,7-13)10(12)8-5-3-4-6-9(8)14/h3-6,10,13-14H,7,12H2,1-2H3/t10-/m1/s1. The topological polar surface area (TPSA) is 66.5 Å². The summed E-state index contributed by atoms with van der Waals surface area (Å²) >= 11 is 0. The van der Waals surface area contributed by atoms with Gasteiger partial charge < -0.3 is 15.9 Å². The third-order valence-electron chi connectivity index (χ3n) is 2.52. The van der Waals surface area contributed by atoms with Crippen LogP contribution in [0.25, 0.3) is 0 Å². The molecule has 1 aromatic carbocycles. The molecule has 14 heavy (non-hydrogen) atoms. The van der Waals surface area contributed by atoms with E-state index in [1.54, 1.807) is 18.2 Å². The van der Waals surface area contributed by atoms with Crippen LogP contribution in [-0.4, -0.2) is 16.8 Å². The number of benzene rings is 1. The normalized spacial score (nSPS) is 14.0. The van der Waals surface area contributed by atoms with Crippen LogP contribution in [0.1, 0.15) is 25.5 Å². The second-order valence-electron chi connectivity index (χ2n) is 4.18. The van der Waals surface area contributed by atoms with E-state index < -0.39 is 5.41 Å². The van der Waals surface area contributed by atoms with Crippen molar-refractivity contribution in [1.82, 2.24) is 0 Å². The zero-order chi connectivity index (χ0) is 10.8. The molecule has 0 heterocycles. The number of aromatic hydroxyl groups is 1. The smallest absolute Gasteiger partial charge is 0.120 e. The third-order valence-corrected chi connectivity index (χ3v) is 2.52. The van der Waals surface area contributed by atoms with Gasteiger partial charge in [-0.25, -0.2) is 0 Å². The SMILES string of the molecule is CC(C)(CO)[C@H](N)c1ccccc1O. The molecule has 3 nitrogen and oxygen atoms in total. The van der Waals surface area contributed by atoms with Crippen LogP contribution in [0, 0.1) is 5.41 Å². The van der Waals surface area contributed by atoms with Crippen LogP contribution in [0.15, 0.2) is 24.3 Å². The van der Waals surface area contributed by atoms with Crippen molar-refractivity contribution in [3.05, 3.63) is 29.8 Å². The Labute approximate surface area is 84.2 Å². The Hall–Kier alpha value is -1.06. The number of aliphatic hydroxyl groups excluding tert-OH is 1. The predicted molar refractivity (Wildman–Crippen MR) is 55.9 cm³/mol. The summed E-state index contributed by atoms with van der Waals surface area (Å²) in [7, 11) is 0. The van der Waals surface area contributed by atoms with Gasteiger partial charge in [0.15, 0.2) is 0 Å². The molecular weight excluding hydrogens is 178 g/mol. The lowest BCUT2D eigenvalue weighted by Gasteiger charge is -2.30. The van der Waals surface area contributed by atoms with E-state index in [-0.39, 0.29) is 18.4 Å². The zero-order valence-electron chi connectivity index (χ0n) is 8.57. The molecule has 0 unspecified atom stereocenters. The van der Waals surface area contributed by atoms with Gasteiger partial charge in [-0.15, -0.1) is 0 Å². The molecule has 0 fully saturated rings. The first-order valence-corrected chi connectivity index (χ1v) is 4.63. The van der Waals surface area contributed by atoms with Crippen LogP contribution in [0.3, 0.4) is 0 Å². The van der Waals surface area contributed by atoms with E-state index in [1.807, 2.05) is 19.9 Å². The van der Waals surface area contributed by atoms with Gasteiger partial charge in [-0.3, -0.25) is 0 Å². The Morgan fingerprint density at radius 3 is 2.43 bits per heavy atom. The highest BCUT2D eigenvalue weighted by Gasteiger charge is 2.28. The maximum atomic E-state index is 9.58. The lowest BCUT2D eigenvalue weighted by molar-refractivity contribution is 0.131. The van der Waals surface area contributed by atoms with E-state index in [4.69, 9.17) is 10.8 Å². The minimum Gasteiger partial charge on any atom is -0.508 e. The van der Waals surface area contributed by atoms with Gasteiger partial charge in [-0.1, -0.05) is 32.0 Å². The molecule has 1 rings (SSSR count). The Kier molecular flexibility index (Phi) is 3.13. The number of para-hydroxylation sites is 1. The molecule has 78 valence electrons. The largest absolute Gasteiger partial charge is 0.508 e. The number of aliphatic hydroxyl groups is 1. The lowest BCUT2D eigenvalue weighted by Crippen LogP contribution is -2.32. The average Bonchev–Trinajstić information content (AvgIpc) is 2.17. The van der Waals surface area contributed by atoms with E-state index in [1.165, 1.54) is 0 Å². The second kappa shape index (κ2) is 3.98. The first-order chi connectivity index (χ1) is 6.49. The van der Waals surface area contributed by atoms with Crippen LogP contribution < -0.4 is 5.73 Å². The highest BCUT2D eigenvalue weighted by molar-refractivity contribution is 5.35. The Morgan fingerprint density at radius 1 is 1.36 bits per heavy atom. The first kappa shape index (κ1) is 11.0. The quantitative estimate of drug-likeness (QED) is 0.683. The molecule has 0 aromatic heterocycles. The first-order valence-electron chi connectivity index (χ1n) is 4.63. The zero-order valence-corrected chi connectivity index (χ0v) is 8.57. The van der Waals surface area contributed by atoms with Crippen LogP contribution in [-0.2, 0) is 0 Å². The monoisotopic (exact) mass is 195 g/mol. The summed E-state index contributed by atoms with van der Waals surface area (Å²) in [6, 6.07) is 6.58. The van der Waals surface area contributed by atoms with Crippen LogP contribution >= 0.6 is 0 Å². The van der Waals surface area contributed by atoms with Crippen molar-refractivity contribution in [2.45, 2.75) is 19.9 Å². The van der Waals surface area contributed by atoms with Gasteiger partial charge in [0.05, 0.1) is 0 Å². The summed E-state index contributed by atoms with van der Waals surface area (Å²) < 4.78 is 0. The van der Waals surface area contributed by atoms with Crippen molar-refractivity contribution >= 4 is 0 Å². The summed E-state index contributed by atoms with van der Waals surface area (Å²) in [6.07, 6.45) is 0. The van der Waals surface area contributed by atoms with E-state index in [0.29, 0.717) is 5.56 Å². The molecule has 0 amide bonds. The summed E-state index contributed by atoms with van der Waals surface area (Å²) in [5.74, 6) is 0.182. The highest BCUT2D eigenvalue weighted by atomic mass is 16.3. The van der Waals surface area contributed by atoms with Gasteiger partial charge in [0.1, 0.15) is 5.75 Å². The van der Waals surface area contributed by atoms with Gasteiger partial charge >= 0.3 is 0 Å². The van der Waals surface area contributed by atoms with Crippen LogP contribution in [0.4, 0.5) is 0 Å². The molecule has 0 spiro atoms. The van der Waals surface area contributed by atoms with E-state index in [0.717, 1.165) is 0 Å². The molecule has 0 radical (unpaired) electrons. The van der Waals surface area contributed by atoms with Crippen molar-refractivity contribution < 1.29 is 10.2 Å². The molecule has 0 aliphatic heterocycles. The number of rotatable bonds is 3. The summed E-state index contributed by atoms with van der Waals surface area (Å²) in [4.78, 5) is 0. The molecule has 1 aromatic rings. The van der Waals surface area contributed by atoms with Crippen molar-refractivity contribution in [3.8, 4) is 5.75 Å². The van der Waals surface area contributed by atoms with Crippen molar-refractivity contribution in [1.29, 1.82) is 0 Å². The number of nitrogens with two attached hydrogens (primary N) is 1. The minimum atomic E-state index is -0.432. The molecule has 0 aliphatic rings. The molecule has 0 saturated heterocycles. The fourth-order valence-corrected chi connectivity index (χ4v) is 1.27. The Balaban J connectivity index is 3.00. The molecule has 0 bridgehead atoms. The maximum absolute atomic E-state index is 9.58. The summed E-state index contributed by atoms with van der Waals surface area (Å²) in [5, 5.41) is 18.7. The summed E-state index contributed by atoms with van der Waals surface area (Å²) in [5.41, 5.74) is 6.21. The Morgan fingerprint density at radius 2 is 1.93 bits per heavy atom. The number of hydrogen-bond donors (Lipinski definition) is 3. The molecule has 4 N–H and O–H groups in total. The van der Waals surface area contributed by atoms with Crippen molar-refractivity contribution in [2.75, 3.05) is 6.61 Å². The molecule has 0 aliphatic carbocycles. The van der Waals surface area contributed by atoms with E-state index in [2.05, 4.69) is 0 Å². The van der Waals surface area contributed by atoms with Gasteiger partial charge in [-0.05, 0) is 6.07 Å². The molecule has 3 heteroatoms. The van der Waals surface area contributed by atoms with E-state index >= 15 is 0 Å². The van der Waals surface area contributed by atoms with Crippen LogP contribution in [0.2, 0.25) is 0 Å². The summed E-state index contributed by atoms with van der Waals surface area (Å²) in [6.45, 7) is 3.72. The number of phenols is 1. The second-order valence-corrected chi connectivity index (χ2v) is 4.18. The third kappa shape index (κ3) is 2.05. The van der Waals surface area contributed by atoms with Gasteiger partial charge in [0.25, 0.3) is 0 Å². The predicted octanol–water partition coefficient (Wildman–Crippen LogP) is 1.41. The number of phenolic OH excluding ortho intramolecular Hbond substituents is 1. The van der Waals surface area contributed by atoms with E-state index in [9.17, 15) is 5.11 Å². The maximum Gasteiger partial charge on any atom is 0.120 e. The van der Waals surface area contributed by atoms with Gasteiger partial charge in [-0.2, -0.15) is 0 Å². The van der Waals surface area contributed by atoms with Gasteiger partial charge in [0, 0.05) is 23.6 Å². The molecular formula is C11H17NO2. The number of hydrogen-bond acceptors (Lipinski definition) is 3. The van der Waals surface area contributed by atoms with Gasteiger partial charge in [0.2, 0.25) is 0 Å². The average molecular weight is 195 g/mol. The highest BCUT2D eigenvalue weighted by Crippen LogP contribution is 2.34. The van der Waals surface area contributed by atoms with Crippen molar-refractivity contribution in [3.63, 3.8) is 0 Å².